The third kappa shape index (κ3) is 2.93. The van der Waals surface area contributed by atoms with Gasteiger partial charge in [-0.25, -0.2) is 4.68 Å². The maximum absolute atomic E-state index is 4.80. The first-order valence-corrected chi connectivity index (χ1v) is 9.60. The molecule has 1 spiro atoms. The zero-order valence-corrected chi connectivity index (χ0v) is 16.1. The molecule has 2 aromatic rings. The first-order chi connectivity index (χ1) is 11.6. The maximum atomic E-state index is 4.80. The largest absolute Gasteiger partial charge is 0.316 e. The second-order valence-electron chi connectivity index (χ2n) is 7.43. The summed E-state index contributed by atoms with van der Waals surface area (Å²) in [5.41, 5.74) is 5.47. The van der Waals surface area contributed by atoms with Crippen LogP contribution in [0.2, 0.25) is 0 Å². The predicted molar refractivity (Wildman–Crippen MR) is 101 cm³/mol. The van der Waals surface area contributed by atoms with Crippen LogP contribution in [0, 0.1) is 19.3 Å². The minimum absolute atomic E-state index is 0.531. The highest BCUT2D eigenvalue weighted by atomic mass is 79.9. The number of hydrogen-bond donors (Lipinski definition) is 1. The zero-order valence-electron chi connectivity index (χ0n) is 14.5. The second kappa shape index (κ2) is 6.28. The molecule has 1 atom stereocenters. The molecule has 0 bridgehead atoms. The molecule has 1 aromatic heterocycles. The van der Waals surface area contributed by atoms with Crippen LogP contribution in [0.5, 0.6) is 0 Å². The van der Waals surface area contributed by atoms with Gasteiger partial charge < -0.3 is 5.32 Å². The summed E-state index contributed by atoms with van der Waals surface area (Å²) in [6.07, 6.45) is 2.67. The molecule has 0 aliphatic carbocycles. The SMILES string of the molecule is Cc1nn(-c2ccc(Br)cc2)c(C)c1CN1CCC2(CCNC2)C1. The molecule has 128 valence electrons. The Morgan fingerprint density at radius 3 is 2.71 bits per heavy atom. The molecule has 4 nitrogen and oxygen atoms in total. The lowest BCUT2D eigenvalue weighted by Crippen LogP contribution is -2.29. The molecular weight excluding hydrogens is 364 g/mol. The van der Waals surface area contributed by atoms with Crippen molar-refractivity contribution in [3.8, 4) is 5.69 Å². The Labute approximate surface area is 152 Å². The number of halogens is 1. The van der Waals surface area contributed by atoms with Gasteiger partial charge in [0.2, 0.25) is 0 Å². The molecular formula is C19H25BrN4. The van der Waals surface area contributed by atoms with E-state index in [2.05, 4.69) is 68.9 Å². The van der Waals surface area contributed by atoms with Gasteiger partial charge in [0.15, 0.2) is 0 Å². The van der Waals surface area contributed by atoms with Crippen molar-refractivity contribution in [3.05, 3.63) is 45.7 Å². The Bertz CT molecular complexity index is 729. The fourth-order valence-corrected chi connectivity index (χ4v) is 4.53. The van der Waals surface area contributed by atoms with E-state index >= 15 is 0 Å². The van der Waals surface area contributed by atoms with Crippen molar-refractivity contribution in [1.29, 1.82) is 0 Å². The number of aryl methyl sites for hydroxylation is 1. The van der Waals surface area contributed by atoms with Crippen LogP contribution in [0.1, 0.15) is 29.8 Å². The summed E-state index contributed by atoms with van der Waals surface area (Å²) in [6.45, 7) is 10.2. The van der Waals surface area contributed by atoms with Crippen molar-refractivity contribution in [1.82, 2.24) is 20.0 Å². The summed E-state index contributed by atoms with van der Waals surface area (Å²) >= 11 is 3.50. The number of hydrogen-bond acceptors (Lipinski definition) is 3. The fraction of sp³-hybridized carbons (Fsp3) is 0.526. The normalized spacial score (nSPS) is 24.3. The lowest BCUT2D eigenvalue weighted by molar-refractivity contribution is 0.268. The summed E-state index contributed by atoms with van der Waals surface area (Å²) < 4.78 is 3.18. The van der Waals surface area contributed by atoms with Crippen molar-refractivity contribution in [2.75, 3.05) is 26.2 Å². The van der Waals surface area contributed by atoms with Crippen LogP contribution in [0.15, 0.2) is 28.7 Å². The minimum Gasteiger partial charge on any atom is -0.316 e. The highest BCUT2D eigenvalue weighted by molar-refractivity contribution is 9.10. The van der Waals surface area contributed by atoms with E-state index in [1.165, 1.54) is 50.3 Å². The van der Waals surface area contributed by atoms with Gasteiger partial charge in [0.25, 0.3) is 0 Å². The Morgan fingerprint density at radius 2 is 2.00 bits per heavy atom. The van der Waals surface area contributed by atoms with Crippen LogP contribution < -0.4 is 5.32 Å². The lowest BCUT2D eigenvalue weighted by Gasteiger charge is -2.23. The third-order valence-corrected chi connectivity index (χ3v) is 6.27. The Balaban J connectivity index is 1.55. The van der Waals surface area contributed by atoms with Gasteiger partial charge in [0.1, 0.15) is 0 Å². The molecule has 2 fully saturated rings. The van der Waals surface area contributed by atoms with Gasteiger partial charge in [-0.2, -0.15) is 5.10 Å². The van der Waals surface area contributed by atoms with Gasteiger partial charge in [-0.1, -0.05) is 15.9 Å². The first-order valence-electron chi connectivity index (χ1n) is 8.80. The van der Waals surface area contributed by atoms with Crippen LogP contribution in [0.4, 0.5) is 0 Å². The lowest BCUT2D eigenvalue weighted by atomic mass is 9.86. The van der Waals surface area contributed by atoms with Gasteiger partial charge in [-0.3, -0.25) is 4.90 Å². The molecule has 2 aliphatic rings. The molecule has 2 saturated heterocycles. The predicted octanol–water partition coefficient (Wildman–Crippen LogP) is 3.44. The van der Waals surface area contributed by atoms with Crippen molar-refractivity contribution in [2.24, 2.45) is 5.41 Å². The number of rotatable bonds is 3. The Morgan fingerprint density at radius 1 is 1.21 bits per heavy atom. The molecule has 0 amide bonds. The van der Waals surface area contributed by atoms with E-state index in [9.17, 15) is 0 Å². The standard InChI is InChI=1S/C19H25BrN4/c1-14-18(11-23-10-8-19(13-23)7-9-21-12-19)15(2)24(22-14)17-5-3-16(20)4-6-17/h3-6,21H,7-13H2,1-2H3. The van der Waals surface area contributed by atoms with E-state index in [-0.39, 0.29) is 0 Å². The van der Waals surface area contributed by atoms with E-state index in [4.69, 9.17) is 5.10 Å². The molecule has 5 heteroatoms. The minimum atomic E-state index is 0.531. The van der Waals surface area contributed by atoms with Crippen molar-refractivity contribution in [3.63, 3.8) is 0 Å². The first kappa shape index (κ1) is 16.3. The molecule has 3 heterocycles. The monoisotopic (exact) mass is 388 g/mol. The smallest absolute Gasteiger partial charge is 0.0649 e. The van der Waals surface area contributed by atoms with Gasteiger partial charge in [0, 0.05) is 35.4 Å². The van der Waals surface area contributed by atoms with E-state index in [0.717, 1.165) is 22.4 Å². The number of likely N-dealkylation sites (tertiary alicyclic amines) is 1. The Kier molecular flexibility index (Phi) is 4.27. The van der Waals surface area contributed by atoms with Crippen LogP contribution >= 0.6 is 15.9 Å². The summed E-state index contributed by atoms with van der Waals surface area (Å²) in [6, 6.07) is 8.37. The van der Waals surface area contributed by atoms with Crippen LogP contribution in [-0.2, 0) is 6.54 Å². The van der Waals surface area contributed by atoms with Crippen molar-refractivity contribution < 1.29 is 0 Å². The summed E-state index contributed by atoms with van der Waals surface area (Å²) in [7, 11) is 0. The summed E-state index contributed by atoms with van der Waals surface area (Å²) in [4.78, 5) is 2.62. The van der Waals surface area contributed by atoms with Crippen LogP contribution in [-0.4, -0.2) is 40.9 Å². The fourth-order valence-electron chi connectivity index (χ4n) is 4.27. The second-order valence-corrected chi connectivity index (χ2v) is 8.34. The number of benzene rings is 1. The number of aromatic nitrogens is 2. The molecule has 1 unspecified atom stereocenters. The van der Waals surface area contributed by atoms with Gasteiger partial charge in [-0.05, 0) is 69.5 Å². The summed E-state index contributed by atoms with van der Waals surface area (Å²) in [5, 5.41) is 8.35. The van der Waals surface area contributed by atoms with E-state index < -0.39 is 0 Å². The zero-order chi connectivity index (χ0) is 16.7. The van der Waals surface area contributed by atoms with Crippen LogP contribution in [0.25, 0.3) is 5.69 Å². The average Bonchev–Trinajstić information content (AvgIpc) is 3.26. The highest BCUT2D eigenvalue weighted by Gasteiger charge is 2.40. The molecule has 1 N–H and O–H groups in total. The topological polar surface area (TPSA) is 33.1 Å². The van der Waals surface area contributed by atoms with E-state index in [1.807, 2.05) is 0 Å². The molecule has 24 heavy (non-hydrogen) atoms. The van der Waals surface area contributed by atoms with Gasteiger partial charge in [-0.15, -0.1) is 0 Å². The van der Waals surface area contributed by atoms with E-state index in [1.54, 1.807) is 0 Å². The molecule has 0 saturated carbocycles. The maximum Gasteiger partial charge on any atom is 0.0649 e. The third-order valence-electron chi connectivity index (χ3n) is 5.74. The van der Waals surface area contributed by atoms with Crippen LogP contribution in [0.3, 0.4) is 0 Å². The highest BCUT2D eigenvalue weighted by Crippen LogP contribution is 2.37. The van der Waals surface area contributed by atoms with Crippen molar-refractivity contribution >= 4 is 15.9 Å². The van der Waals surface area contributed by atoms with E-state index in [0.29, 0.717) is 5.41 Å². The van der Waals surface area contributed by atoms with Gasteiger partial charge in [0.05, 0.1) is 11.4 Å². The average molecular weight is 389 g/mol. The quantitative estimate of drug-likeness (QED) is 0.873. The molecule has 1 aromatic carbocycles. The number of nitrogens with zero attached hydrogens (tertiary/aromatic N) is 3. The Hall–Kier alpha value is -1.17. The molecule has 0 radical (unpaired) electrons. The van der Waals surface area contributed by atoms with Gasteiger partial charge >= 0.3 is 0 Å². The summed E-state index contributed by atoms with van der Waals surface area (Å²) in [5.74, 6) is 0. The number of nitrogens with one attached hydrogen (secondary N) is 1. The molecule has 4 rings (SSSR count). The van der Waals surface area contributed by atoms with Crippen molar-refractivity contribution in [2.45, 2.75) is 33.2 Å². The molecule has 2 aliphatic heterocycles.